The number of Topliss-reactive ketones (excluding diaryl/α,β-unsaturated/α-hetero) is 1. The van der Waals surface area contributed by atoms with Gasteiger partial charge in [0.05, 0.1) is 5.57 Å². The lowest BCUT2D eigenvalue weighted by Gasteiger charge is -2.18. The zero-order valence-corrected chi connectivity index (χ0v) is 13.7. The Labute approximate surface area is 144 Å². The van der Waals surface area contributed by atoms with E-state index in [0.29, 0.717) is 16.2 Å². The van der Waals surface area contributed by atoms with Crippen LogP contribution in [-0.4, -0.2) is 24.5 Å². The maximum atomic E-state index is 12.3. The van der Waals surface area contributed by atoms with Crippen LogP contribution in [0, 0.1) is 0 Å². The molecule has 2 aromatic rings. The van der Waals surface area contributed by atoms with Crippen molar-refractivity contribution in [2.75, 3.05) is 6.61 Å². The molecule has 0 aromatic heterocycles. The van der Waals surface area contributed by atoms with Crippen molar-refractivity contribution in [1.82, 2.24) is 0 Å². The minimum Gasteiger partial charge on any atom is -0.488 e. The van der Waals surface area contributed by atoms with Gasteiger partial charge in [0.15, 0.2) is 6.10 Å². The Bertz CT molecular complexity index is 808. The third-order valence-electron chi connectivity index (χ3n) is 3.68. The molecule has 0 N–H and O–H groups in total. The Morgan fingerprint density at radius 2 is 1.83 bits per heavy atom. The lowest BCUT2D eigenvalue weighted by molar-refractivity contribution is -0.141. The molecule has 5 heteroatoms. The molecule has 1 heterocycles. The standard InChI is InChI=1S/C19H15ClO4/c1-12(18(21)13-6-8-16(20)9-7-13)24-19(22)15-10-14-4-2-3-5-17(14)23-11-15/h2-10,12H,11H2,1H3/t12-/m0/s1. The van der Waals surface area contributed by atoms with Crippen LogP contribution in [0.5, 0.6) is 5.75 Å². The van der Waals surface area contributed by atoms with Gasteiger partial charge in [0.1, 0.15) is 12.4 Å². The summed E-state index contributed by atoms with van der Waals surface area (Å²) in [5, 5.41) is 0.541. The molecule has 122 valence electrons. The maximum absolute atomic E-state index is 12.3. The number of hydrogen-bond donors (Lipinski definition) is 0. The number of fused-ring (bicyclic) bond motifs is 1. The van der Waals surface area contributed by atoms with Crippen molar-refractivity contribution in [3.05, 3.63) is 70.3 Å². The third-order valence-corrected chi connectivity index (χ3v) is 3.93. The highest BCUT2D eigenvalue weighted by Crippen LogP contribution is 2.26. The number of hydrogen-bond acceptors (Lipinski definition) is 4. The van der Waals surface area contributed by atoms with E-state index < -0.39 is 12.1 Å². The molecule has 0 aliphatic carbocycles. The fourth-order valence-electron chi connectivity index (χ4n) is 2.37. The van der Waals surface area contributed by atoms with Crippen LogP contribution < -0.4 is 4.74 Å². The Morgan fingerprint density at radius 3 is 2.58 bits per heavy atom. The molecule has 1 atom stereocenters. The van der Waals surface area contributed by atoms with Crippen molar-refractivity contribution < 1.29 is 19.1 Å². The number of ketones is 1. The summed E-state index contributed by atoms with van der Waals surface area (Å²) < 4.78 is 10.8. The molecule has 1 aliphatic rings. The topological polar surface area (TPSA) is 52.6 Å². The van der Waals surface area contributed by atoms with E-state index in [1.165, 1.54) is 0 Å². The number of para-hydroxylation sites is 1. The van der Waals surface area contributed by atoms with Crippen molar-refractivity contribution in [2.45, 2.75) is 13.0 Å². The minimum absolute atomic E-state index is 0.123. The second kappa shape index (κ2) is 6.89. The van der Waals surface area contributed by atoms with Crippen molar-refractivity contribution in [1.29, 1.82) is 0 Å². The average Bonchev–Trinajstić information content (AvgIpc) is 2.61. The van der Waals surface area contributed by atoms with Gasteiger partial charge in [0.2, 0.25) is 5.78 Å². The van der Waals surface area contributed by atoms with E-state index in [0.717, 1.165) is 11.3 Å². The molecular formula is C19H15ClO4. The third kappa shape index (κ3) is 3.49. The van der Waals surface area contributed by atoms with E-state index >= 15 is 0 Å². The van der Waals surface area contributed by atoms with Crippen LogP contribution in [0.15, 0.2) is 54.1 Å². The molecular weight excluding hydrogens is 328 g/mol. The predicted octanol–water partition coefficient (Wildman–Crippen LogP) is 3.93. The van der Waals surface area contributed by atoms with Gasteiger partial charge in [-0.15, -0.1) is 0 Å². The minimum atomic E-state index is -0.892. The molecule has 2 aromatic carbocycles. The summed E-state index contributed by atoms with van der Waals surface area (Å²) in [5.74, 6) is -0.114. The molecule has 0 amide bonds. The Morgan fingerprint density at radius 1 is 1.12 bits per heavy atom. The average molecular weight is 343 g/mol. The van der Waals surface area contributed by atoms with Gasteiger partial charge in [-0.25, -0.2) is 4.79 Å². The molecule has 4 nitrogen and oxygen atoms in total. The number of halogens is 1. The Hall–Kier alpha value is -2.59. The van der Waals surface area contributed by atoms with Gasteiger partial charge in [0.25, 0.3) is 0 Å². The fourth-order valence-corrected chi connectivity index (χ4v) is 2.50. The van der Waals surface area contributed by atoms with Crippen molar-refractivity contribution in [2.24, 2.45) is 0 Å². The zero-order valence-electron chi connectivity index (χ0n) is 13.0. The van der Waals surface area contributed by atoms with E-state index in [-0.39, 0.29) is 12.4 Å². The van der Waals surface area contributed by atoms with Gasteiger partial charge in [-0.05, 0) is 43.3 Å². The first-order valence-electron chi connectivity index (χ1n) is 7.48. The van der Waals surface area contributed by atoms with Crippen LogP contribution in [0.2, 0.25) is 5.02 Å². The summed E-state index contributed by atoms with van der Waals surface area (Å²) in [6.45, 7) is 1.67. The van der Waals surface area contributed by atoms with Crippen LogP contribution >= 0.6 is 11.6 Å². The molecule has 0 saturated carbocycles. The van der Waals surface area contributed by atoms with Gasteiger partial charge in [0, 0.05) is 16.1 Å². The summed E-state index contributed by atoms with van der Waals surface area (Å²) in [5.41, 5.74) is 1.63. The van der Waals surface area contributed by atoms with E-state index in [4.69, 9.17) is 21.1 Å². The lowest BCUT2D eigenvalue weighted by atomic mass is 10.1. The van der Waals surface area contributed by atoms with E-state index in [9.17, 15) is 9.59 Å². The largest absolute Gasteiger partial charge is 0.488 e. The van der Waals surface area contributed by atoms with Crippen LogP contribution in [0.3, 0.4) is 0 Å². The van der Waals surface area contributed by atoms with Gasteiger partial charge < -0.3 is 9.47 Å². The first-order chi connectivity index (χ1) is 11.5. The zero-order chi connectivity index (χ0) is 17.1. The maximum Gasteiger partial charge on any atom is 0.338 e. The first-order valence-corrected chi connectivity index (χ1v) is 7.85. The highest BCUT2D eigenvalue weighted by atomic mass is 35.5. The van der Waals surface area contributed by atoms with E-state index in [1.54, 1.807) is 37.3 Å². The summed E-state index contributed by atoms with van der Waals surface area (Å²) in [4.78, 5) is 24.6. The van der Waals surface area contributed by atoms with Crippen LogP contribution in [-0.2, 0) is 9.53 Å². The molecule has 3 rings (SSSR count). The summed E-state index contributed by atoms with van der Waals surface area (Å²) >= 11 is 5.81. The lowest BCUT2D eigenvalue weighted by Crippen LogP contribution is -2.27. The van der Waals surface area contributed by atoms with Crippen LogP contribution in [0.4, 0.5) is 0 Å². The Kier molecular flexibility index (Phi) is 4.67. The summed E-state index contributed by atoms with van der Waals surface area (Å²) in [6, 6.07) is 13.9. The fraction of sp³-hybridized carbons (Fsp3) is 0.158. The highest BCUT2D eigenvalue weighted by Gasteiger charge is 2.24. The highest BCUT2D eigenvalue weighted by molar-refractivity contribution is 6.30. The SMILES string of the molecule is C[C@H](OC(=O)C1=Cc2ccccc2OC1)C(=O)c1ccc(Cl)cc1. The number of esters is 1. The predicted molar refractivity (Wildman–Crippen MR) is 91.3 cm³/mol. The van der Waals surface area contributed by atoms with Crippen LogP contribution in [0.1, 0.15) is 22.8 Å². The van der Waals surface area contributed by atoms with Gasteiger partial charge in [-0.1, -0.05) is 29.8 Å². The Balaban J connectivity index is 1.69. The molecule has 0 saturated heterocycles. The molecule has 0 radical (unpaired) electrons. The van der Waals surface area contributed by atoms with Crippen molar-refractivity contribution in [3.63, 3.8) is 0 Å². The number of benzene rings is 2. The molecule has 24 heavy (non-hydrogen) atoms. The number of ether oxygens (including phenoxy) is 2. The number of carbonyl (C=O) groups excluding carboxylic acids is 2. The molecule has 1 aliphatic heterocycles. The van der Waals surface area contributed by atoms with E-state index in [2.05, 4.69) is 0 Å². The second-order valence-electron chi connectivity index (χ2n) is 5.41. The molecule has 0 bridgehead atoms. The monoisotopic (exact) mass is 342 g/mol. The first kappa shape index (κ1) is 16.3. The normalized spacial score (nSPS) is 14.0. The van der Waals surface area contributed by atoms with Gasteiger partial charge >= 0.3 is 5.97 Å². The molecule has 0 fully saturated rings. The van der Waals surface area contributed by atoms with Gasteiger partial charge in [-0.2, -0.15) is 0 Å². The van der Waals surface area contributed by atoms with E-state index in [1.807, 2.05) is 24.3 Å². The molecule has 0 spiro atoms. The summed E-state index contributed by atoms with van der Waals surface area (Å²) in [7, 11) is 0. The number of carbonyl (C=O) groups is 2. The van der Waals surface area contributed by atoms with Gasteiger partial charge in [-0.3, -0.25) is 4.79 Å². The second-order valence-corrected chi connectivity index (χ2v) is 5.85. The smallest absolute Gasteiger partial charge is 0.338 e. The quantitative estimate of drug-likeness (QED) is 0.624. The van der Waals surface area contributed by atoms with Crippen molar-refractivity contribution >= 4 is 29.4 Å². The molecule has 0 unspecified atom stereocenters. The summed E-state index contributed by atoms with van der Waals surface area (Å²) in [6.07, 6.45) is 0.831. The van der Waals surface area contributed by atoms with Crippen molar-refractivity contribution in [3.8, 4) is 5.75 Å². The number of rotatable bonds is 4. The van der Waals surface area contributed by atoms with Crippen LogP contribution in [0.25, 0.3) is 6.08 Å².